The summed E-state index contributed by atoms with van der Waals surface area (Å²) in [6, 6.07) is 0. The summed E-state index contributed by atoms with van der Waals surface area (Å²) in [7, 11) is 0. The van der Waals surface area contributed by atoms with Gasteiger partial charge in [0.2, 0.25) is 0 Å². The summed E-state index contributed by atoms with van der Waals surface area (Å²) >= 11 is 7.41. The van der Waals surface area contributed by atoms with Crippen LogP contribution >= 0.6 is 23.6 Å². The van der Waals surface area contributed by atoms with E-state index in [1.54, 1.807) is 11.3 Å². The molecule has 0 aromatic carbocycles. The summed E-state index contributed by atoms with van der Waals surface area (Å²) in [5, 5.41) is 8.14. The molecule has 0 amide bonds. The molecule has 6 nitrogen and oxygen atoms in total. The molecule has 2 aromatic rings. The molecule has 4 heterocycles. The van der Waals surface area contributed by atoms with Crippen molar-refractivity contribution in [1.29, 1.82) is 0 Å². The summed E-state index contributed by atoms with van der Waals surface area (Å²) in [6.07, 6.45) is 4.82. The molecule has 0 atom stereocenters. The minimum Gasteiger partial charge on any atom is -0.304 e. The summed E-state index contributed by atoms with van der Waals surface area (Å²) in [5.41, 5.74) is 1.20. The minimum absolute atomic E-state index is 0.822. The lowest BCUT2D eigenvalue weighted by Crippen LogP contribution is -2.46. The molecule has 8 heteroatoms. The molecule has 0 spiro atoms. The maximum atomic E-state index is 5.67. The molecule has 1 fully saturated rings. The number of hydrogen-bond acceptors (Lipinski definition) is 6. The molecule has 136 valence electrons. The molecule has 2 aliphatic heterocycles. The Balaban J connectivity index is 1.33. The van der Waals surface area contributed by atoms with Crippen LogP contribution in [0.15, 0.2) is 5.38 Å². The molecule has 1 saturated heterocycles. The Morgan fingerprint density at radius 1 is 1.08 bits per heavy atom. The van der Waals surface area contributed by atoms with Gasteiger partial charge in [0.25, 0.3) is 0 Å². The molecular formula is C17H26N6S2. The van der Waals surface area contributed by atoms with Gasteiger partial charge >= 0.3 is 0 Å². The van der Waals surface area contributed by atoms with Crippen LogP contribution in [0.4, 0.5) is 0 Å². The Labute approximate surface area is 158 Å². The molecule has 0 unspecified atom stereocenters. The van der Waals surface area contributed by atoms with Crippen molar-refractivity contribution in [1.82, 2.24) is 29.1 Å². The highest BCUT2D eigenvalue weighted by Gasteiger charge is 2.20. The van der Waals surface area contributed by atoms with E-state index in [9.17, 15) is 0 Å². The molecule has 0 N–H and O–H groups in total. The molecule has 2 aliphatic rings. The van der Waals surface area contributed by atoms with Gasteiger partial charge in [0.15, 0.2) is 4.77 Å². The third kappa shape index (κ3) is 4.02. The van der Waals surface area contributed by atoms with E-state index in [-0.39, 0.29) is 0 Å². The van der Waals surface area contributed by atoms with Crippen molar-refractivity contribution in [2.24, 2.45) is 0 Å². The first-order valence-corrected chi connectivity index (χ1v) is 10.5. The Hall–Kier alpha value is -1.09. The molecule has 0 bridgehead atoms. The van der Waals surface area contributed by atoms with Crippen LogP contribution in [0, 0.1) is 11.7 Å². The van der Waals surface area contributed by atoms with Crippen LogP contribution in [0.1, 0.15) is 35.8 Å². The van der Waals surface area contributed by atoms with Crippen molar-refractivity contribution in [2.75, 3.05) is 26.2 Å². The van der Waals surface area contributed by atoms with E-state index in [1.165, 1.54) is 30.8 Å². The van der Waals surface area contributed by atoms with Crippen molar-refractivity contribution < 1.29 is 0 Å². The van der Waals surface area contributed by atoms with Crippen molar-refractivity contribution in [2.45, 2.75) is 52.4 Å². The maximum Gasteiger partial charge on any atom is 0.199 e. The highest BCUT2D eigenvalue weighted by Crippen LogP contribution is 2.16. The smallest absolute Gasteiger partial charge is 0.199 e. The van der Waals surface area contributed by atoms with Crippen molar-refractivity contribution in [3.05, 3.63) is 26.7 Å². The molecule has 4 rings (SSSR count). The number of aromatic nitrogens is 4. The molecule has 0 aliphatic carbocycles. The van der Waals surface area contributed by atoms with Gasteiger partial charge in [-0.1, -0.05) is 6.42 Å². The molecule has 0 saturated carbocycles. The number of thiazole rings is 1. The Bertz CT molecular complexity index is 768. The lowest BCUT2D eigenvalue weighted by Gasteiger charge is -2.34. The van der Waals surface area contributed by atoms with E-state index in [1.807, 2.05) is 4.68 Å². The third-order valence-electron chi connectivity index (χ3n) is 5.13. The predicted octanol–water partition coefficient (Wildman–Crippen LogP) is 2.68. The zero-order valence-electron chi connectivity index (χ0n) is 14.9. The highest BCUT2D eigenvalue weighted by atomic mass is 32.1. The second-order valence-electron chi connectivity index (χ2n) is 7.05. The number of piperazine rings is 1. The van der Waals surface area contributed by atoms with Gasteiger partial charge in [-0.15, -0.1) is 11.3 Å². The average Bonchev–Trinajstić information content (AvgIpc) is 3.04. The van der Waals surface area contributed by atoms with Gasteiger partial charge in [-0.3, -0.25) is 9.80 Å². The highest BCUT2D eigenvalue weighted by molar-refractivity contribution is 7.71. The molecule has 0 radical (unpaired) electrons. The fraction of sp³-hybridized carbons (Fsp3) is 0.706. The van der Waals surface area contributed by atoms with Crippen LogP contribution in [-0.4, -0.2) is 55.3 Å². The number of fused-ring (bicyclic) bond motifs is 1. The number of hydrogen-bond donors (Lipinski definition) is 0. The third-order valence-corrected chi connectivity index (χ3v) is 6.39. The van der Waals surface area contributed by atoms with Crippen LogP contribution in [0.2, 0.25) is 0 Å². The summed E-state index contributed by atoms with van der Waals surface area (Å²) in [4.78, 5) is 9.54. The van der Waals surface area contributed by atoms with Gasteiger partial charge in [-0.05, 0) is 32.0 Å². The van der Waals surface area contributed by atoms with Crippen LogP contribution in [-0.2, 0) is 26.2 Å². The SMILES string of the molecule is Cc1nc(CN2CCN(Cn3nc4n(c3=S)CCCCC4)CC2)cs1. The Kier molecular flexibility index (Phi) is 5.30. The van der Waals surface area contributed by atoms with Gasteiger partial charge < -0.3 is 4.57 Å². The van der Waals surface area contributed by atoms with Gasteiger partial charge in [0.1, 0.15) is 5.82 Å². The second kappa shape index (κ2) is 7.65. The zero-order chi connectivity index (χ0) is 17.2. The summed E-state index contributed by atoms with van der Waals surface area (Å²) in [6.45, 7) is 9.19. The Morgan fingerprint density at radius 3 is 2.64 bits per heavy atom. The second-order valence-corrected chi connectivity index (χ2v) is 8.48. The average molecular weight is 379 g/mol. The zero-order valence-corrected chi connectivity index (χ0v) is 16.5. The summed E-state index contributed by atoms with van der Waals surface area (Å²) < 4.78 is 5.19. The van der Waals surface area contributed by atoms with Crippen molar-refractivity contribution >= 4 is 23.6 Å². The van der Waals surface area contributed by atoms with Crippen molar-refractivity contribution in [3.63, 3.8) is 0 Å². The number of nitrogens with zero attached hydrogens (tertiary/aromatic N) is 6. The lowest BCUT2D eigenvalue weighted by molar-refractivity contribution is 0.0972. The fourth-order valence-corrected chi connectivity index (χ4v) is 4.60. The van der Waals surface area contributed by atoms with Crippen LogP contribution in [0.3, 0.4) is 0 Å². The van der Waals surface area contributed by atoms with Crippen LogP contribution in [0.5, 0.6) is 0 Å². The quantitative estimate of drug-likeness (QED) is 0.765. The van der Waals surface area contributed by atoms with Crippen molar-refractivity contribution in [3.8, 4) is 0 Å². The normalized spacial score (nSPS) is 19.7. The monoisotopic (exact) mass is 378 g/mol. The Morgan fingerprint density at radius 2 is 1.88 bits per heavy atom. The first kappa shape index (κ1) is 17.3. The first-order chi connectivity index (χ1) is 12.2. The predicted molar refractivity (Wildman–Crippen MR) is 102 cm³/mol. The van der Waals surface area contributed by atoms with E-state index in [2.05, 4.69) is 31.7 Å². The summed E-state index contributed by atoms with van der Waals surface area (Å²) in [5.74, 6) is 1.18. The molecule has 25 heavy (non-hydrogen) atoms. The van der Waals surface area contributed by atoms with E-state index in [4.69, 9.17) is 17.3 Å². The van der Waals surface area contributed by atoms with Gasteiger partial charge in [0, 0.05) is 51.1 Å². The molecule has 2 aromatic heterocycles. The van der Waals surface area contributed by atoms with E-state index < -0.39 is 0 Å². The van der Waals surface area contributed by atoms with E-state index in [0.29, 0.717) is 0 Å². The van der Waals surface area contributed by atoms with Gasteiger partial charge in [0.05, 0.1) is 17.4 Å². The fourth-order valence-electron chi connectivity index (χ4n) is 3.71. The van der Waals surface area contributed by atoms with Crippen LogP contribution in [0.25, 0.3) is 0 Å². The van der Waals surface area contributed by atoms with Gasteiger partial charge in [-0.2, -0.15) is 5.10 Å². The first-order valence-electron chi connectivity index (χ1n) is 9.21. The van der Waals surface area contributed by atoms with Crippen LogP contribution < -0.4 is 0 Å². The van der Waals surface area contributed by atoms with Gasteiger partial charge in [-0.25, -0.2) is 9.67 Å². The minimum atomic E-state index is 0.822. The topological polar surface area (TPSA) is 42.1 Å². The van der Waals surface area contributed by atoms with E-state index >= 15 is 0 Å². The standard InChI is InChI=1S/C17H26N6S2/c1-14-18-15(12-25-14)11-20-7-9-21(10-8-20)13-23-17(24)22-6-4-2-3-5-16(22)19-23/h12H,2-11,13H2,1H3. The lowest BCUT2D eigenvalue weighted by atomic mass is 10.2. The maximum absolute atomic E-state index is 5.67. The molecular weight excluding hydrogens is 352 g/mol. The number of aryl methyl sites for hydroxylation is 2. The number of rotatable bonds is 4. The largest absolute Gasteiger partial charge is 0.304 e. The van der Waals surface area contributed by atoms with E-state index in [0.717, 1.165) is 62.1 Å².